The van der Waals surface area contributed by atoms with Crippen molar-refractivity contribution in [3.63, 3.8) is 0 Å². The number of amides is 1. The van der Waals surface area contributed by atoms with Gasteiger partial charge in [0.2, 0.25) is 10.0 Å². The standard InChI is InChI=1S/C25H30N2O4S/c1-17-15-21-19(3)22(25(28)27-13-9-4-5-10-14-27)31-23(21)24(18(17)2)32(29,30)26-16-20-11-7-6-8-12-20/h6-8,11-12,15,26H,4-5,9-10,13-14,16H2,1-3H3. The van der Waals surface area contributed by atoms with Gasteiger partial charge in [0.1, 0.15) is 4.90 Å². The molecule has 0 unspecified atom stereocenters. The van der Waals surface area contributed by atoms with Crippen LogP contribution in [0.5, 0.6) is 0 Å². The van der Waals surface area contributed by atoms with Gasteiger partial charge in [0, 0.05) is 30.6 Å². The number of nitrogens with zero attached hydrogens (tertiary/aromatic N) is 1. The maximum Gasteiger partial charge on any atom is 0.289 e. The minimum absolute atomic E-state index is 0.112. The normalized spacial score (nSPS) is 15.2. The molecule has 170 valence electrons. The van der Waals surface area contributed by atoms with E-state index in [1.807, 2.05) is 55.1 Å². The monoisotopic (exact) mass is 454 g/mol. The Hall–Kier alpha value is -2.64. The van der Waals surface area contributed by atoms with E-state index in [-0.39, 0.29) is 28.7 Å². The Morgan fingerprint density at radius 2 is 1.66 bits per heavy atom. The van der Waals surface area contributed by atoms with Gasteiger partial charge >= 0.3 is 0 Å². The second kappa shape index (κ2) is 9.08. The fraction of sp³-hybridized carbons (Fsp3) is 0.400. The Bertz CT molecular complexity index is 1240. The van der Waals surface area contributed by atoms with Crippen molar-refractivity contribution in [2.75, 3.05) is 13.1 Å². The molecule has 1 saturated heterocycles. The maximum atomic E-state index is 13.4. The van der Waals surface area contributed by atoms with Crippen LogP contribution in [0.4, 0.5) is 0 Å². The quantitative estimate of drug-likeness (QED) is 0.597. The highest BCUT2D eigenvalue weighted by Crippen LogP contribution is 2.35. The third-order valence-corrected chi connectivity index (χ3v) is 7.91. The number of benzene rings is 2. The summed E-state index contributed by atoms with van der Waals surface area (Å²) in [7, 11) is -3.87. The van der Waals surface area contributed by atoms with Gasteiger partial charge in [-0.2, -0.15) is 0 Å². The van der Waals surface area contributed by atoms with E-state index in [1.165, 1.54) is 0 Å². The number of hydrogen-bond donors (Lipinski definition) is 1. The second-order valence-corrected chi connectivity index (χ2v) is 10.3. The first-order chi connectivity index (χ1) is 15.3. The first-order valence-electron chi connectivity index (χ1n) is 11.2. The van der Waals surface area contributed by atoms with Crippen molar-refractivity contribution in [1.82, 2.24) is 9.62 Å². The van der Waals surface area contributed by atoms with Crippen LogP contribution in [0.2, 0.25) is 0 Å². The molecule has 1 aromatic heterocycles. The van der Waals surface area contributed by atoms with Crippen LogP contribution in [-0.2, 0) is 16.6 Å². The lowest BCUT2D eigenvalue weighted by molar-refractivity contribution is 0.0731. The van der Waals surface area contributed by atoms with Crippen LogP contribution in [0.15, 0.2) is 45.7 Å². The molecule has 2 heterocycles. The van der Waals surface area contributed by atoms with Crippen molar-refractivity contribution in [1.29, 1.82) is 0 Å². The summed E-state index contributed by atoms with van der Waals surface area (Å²) in [5, 5.41) is 0.673. The SMILES string of the molecule is Cc1cc2c(C)c(C(=O)N3CCCCCC3)oc2c(S(=O)(=O)NCc2ccccc2)c1C. The Morgan fingerprint density at radius 3 is 2.31 bits per heavy atom. The molecule has 0 saturated carbocycles. The summed E-state index contributed by atoms with van der Waals surface area (Å²) in [6.45, 7) is 7.08. The topological polar surface area (TPSA) is 79.6 Å². The van der Waals surface area contributed by atoms with Crippen LogP contribution in [-0.4, -0.2) is 32.3 Å². The van der Waals surface area contributed by atoms with Crippen LogP contribution < -0.4 is 4.72 Å². The number of furan rings is 1. The zero-order valence-corrected chi connectivity index (χ0v) is 19.7. The van der Waals surface area contributed by atoms with Crippen LogP contribution in [0.25, 0.3) is 11.0 Å². The molecule has 0 aliphatic carbocycles. The Kier molecular flexibility index (Phi) is 6.40. The number of hydrogen-bond acceptors (Lipinski definition) is 4. The minimum atomic E-state index is -3.87. The first kappa shape index (κ1) is 22.6. The van der Waals surface area contributed by atoms with E-state index >= 15 is 0 Å². The molecular weight excluding hydrogens is 424 g/mol. The highest BCUT2D eigenvalue weighted by atomic mass is 32.2. The molecular formula is C25H30N2O4S. The number of likely N-dealkylation sites (tertiary alicyclic amines) is 1. The van der Waals surface area contributed by atoms with E-state index < -0.39 is 10.0 Å². The summed E-state index contributed by atoms with van der Waals surface area (Å²) < 4.78 is 35.5. The second-order valence-electron chi connectivity index (χ2n) is 8.60. The van der Waals surface area contributed by atoms with Crippen molar-refractivity contribution in [3.8, 4) is 0 Å². The van der Waals surface area contributed by atoms with Crippen LogP contribution in [0.1, 0.15) is 58.5 Å². The van der Waals surface area contributed by atoms with E-state index in [0.717, 1.165) is 36.8 Å². The molecule has 1 aliphatic rings. The number of nitrogens with one attached hydrogen (secondary N) is 1. The average molecular weight is 455 g/mol. The van der Waals surface area contributed by atoms with E-state index in [4.69, 9.17) is 4.42 Å². The minimum Gasteiger partial charge on any atom is -0.449 e. The summed E-state index contributed by atoms with van der Waals surface area (Å²) in [5.74, 6) is 0.0860. The highest BCUT2D eigenvalue weighted by molar-refractivity contribution is 7.89. The van der Waals surface area contributed by atoms with Crippen LogP contribution in [0, 0.1) is 20.8 Å². The fourth-order valence-corrected chi connectivity index (χ4v) is 5.79. The van der Waals surface area contributed by atoms with Gasteiger partial charge in [-0.3, -0.25) is 4.79 Å². The molecule has 4 rings (SSSR count). The van der Waals surface area contributed by atoms with Crippen LogP contribution in [0.3, 0.4) is 0 Å². The van der Waals surface area contributed by atoms with Gasteiger partial charge in [-0.15, -0.1) is 0 Å². The number of aryl methyl sites for hydroxylation is 2. The van der Waals surface area contributed by atoms with Gasteiger partial charge in [0.15, 0.2) is 11.3 Å². The molecule has 1 fully saturated rings. The predicted molar refractivity (Wildman–Crippen MR) is 125 cm³/mol. The molecule has 1 N–H and O–H groups in total. The van der Waals surface area contributed by atoms with Crippen molar-refractivity contribution in [3.05, 3.63) is 64.4 Å². The lowest BCUT2D eigenvalue weighted by Crippen LogP contribution is -2.31. The lowest BCUT2D eigenvalue weighted by atomic mass is 10.0. The molecule has 7 heteroatoms. The smallest absolute Gasteiger partial charge is 0.289 e. The molecule has 0 spiro atoms. The third-order valence-electron chi connectivity index (χ3n) is 6.36. The van der Waals surface area contributed by atoms with Crippen molar-refractivity contribution in [2.24, 2.45) is 0 Å². The van der Waals surface area contributed by atoms with Crippen molar-refractivity contribution in [2.45, 2.75) is 57.9 Å². The summed E-state index contributed by atoms with van der Waals surface area (Å²) in [6, 6.07) is 11.3. The van der Waals surface area contributed by atoms with Gasteiger partial charge in [-0.05, 0) is 56.4 Å². The third kappa shape index (κ3) is 4.32. The molecule has 0 atom stereocenters. The van der Waals surface area contributed by atoms with Crippen molar-refractivity contribution < 1.29 is 17.6 Å². The zero-order chi connectivity index (χ0) is 22.9. The summed E-state index contributed by atoms with van der Waals surface area (Å²) in [4.78, 5) is 15.2. The molecule has 32 heavy (non-hydrogen) atoms. The molecule has 6 nitrogen and oxygen atoms in total. The molecule has 1 amide bonds. The maximum absolute atomic E-state index is 13.4. The number of carbonyl (C=O) groups excluding carboxylic acids is 1. The van der Waals surface area contributed by atoms with E-state index in [0.29, 0.717) is 29.6 Å². The summed E-state index contributed by atoms with van der Waals surface area (Å²) >= 11 is 0. The number of carbonyl (C=O) groups is 1. The molecule has 2 aromatic carbocycles. The van der Waals surface area contributed by atoms with Crippen LogP contribution >= 0.6 is 0 Å². The average Bonchev–Trinajstić information content (AvgIpc) is 2.96. The van der Waals surface area contributed by atoms with Crippen molar-refractivity contribution >= 4 is 26.9 Å². The Labute approximate surface area is 189 Å². The predicted octanol–water partition coefficient (Wildman–Crippen LogP) is 4.85. The first-order valence-corrected chi connectivity index (χ1v) is 12.6. The van der Waals surface area contributed by atoms with E-state index in [2.05, 4.69) is 4.72 Å². The van der Waals surface area contributed by atoms with E-state index in [1.54, 1.807) is 6.92 Å². The number of sulfonamides is 1. The Morgan fingerprint density at radius 1 is 1.00 bits per heavy atom. The highest BCUT2D eigenvalue weighted by Gasteiger charge is 2.29. The molecule has 0 bridgehead atoms. The zero-order valence-electron chi connectivity index (χ0n) is 18.9. The van der Waals surface area contributed by atoms with Gasteiger partial charge < -0.3 is 9.32 Å². The van der Waals surface area contributed by atoms with E-state index in [9.17, 15) is 13.2 Å². The molecule has 0 radical (unpaired) electrons. The lowest BCUT2D eigenvalue weighted by Gasteiger charge is -2.19. The number of fused-ring (bicyclic) bond motifs is 1. The number of rotatable bonds is 5. The van der Waals surface area contributed by atoms with Gasteiger partial charge in [0.25, 0.3) is 5.91 Å². The molecule has 3 aromatic rings. The van der Waals surface area contributed by atoms with Gasteiger partial charge in [0.05, 0.1) is 0 Å². The summed E-state index contributed by atoms with van der Waals surface area (Å²) in [5.41, 5.74) is 3.28. The largest absolute Gasteiger partial charge is 0.449 e. The summed E-state index contributed by atoms with van der Waals surface area (Å²) in [6.07, 6.45) is 4.20. The van der Waals surface area contributed by atoms with Gasteiger partial charge in [-0.25, -0.2) is 13.1 Å². The van der Waals surface area contributed by atoms with Gasteiger partial charge in [-0.1, -0.05) is 43.2 Å². The fourth-order valence-electron chi connectivity index (χ4n) is 4.33. The molecule has 1 aliphatic heterocycles. The Balaban J connectivity index is 1.76.